The van der Waals surface area contributed by atoms with Gasteiger partial charge in [0, 0.05) is 12.1 Å². The summed E-state index contributed by atoms with van der Waals surface area (Å²) in [5.74, 6) is -0.483. The second-order valence-corrected chi connectivity index (χ2v) is 7.11. The molecule has 6 heteroatoms. The van der Waals surface area contributed by atoms with E-state index in [4.69, 9.17) is 0 Å². The van der Waals surface area contributed by atoms with E-state index in [-0.39, 0.29) is 23.3 Å². The Hall–Kier alpha value is -2.63. The van der Waals surface area contributed by atoms with Crippen molar-refractivity contribution in [2.75, 3.05) is 0 Å². The number of carbonyl (C=O) groups excluding carboxylic acids is 3. The molecular formula is C20H25N3O3. The molecule has 1 spiro atoms. The maximum atomic E-state index is 13.0. The smallest absolute Gasteiger partial charge is 0.272 e. The normalized spacial score (nSPS) is 18.9. The third-order valence-electron chi connectivity index (χ3n) is 5.29. The molecule has 0 radical (unpaired) electrons. The van der Waals surface area contributed by atoms with E-state index < -0.39 is 0 Å². The molecule has 1 aromatic rings. The maximum Gasteiger partial charge on any atom is 0.272 e. The number of hydrogen-bond donors (Lipinski definition) is 2. The lowest BCUT2D eigenvalue weighted by Gasteiger charge is -2.36. The summed E-state index contributed by atoms with van der Waals surface area (Å²) in [6.45, 7) is 3.79. The number of hydrogen-bond acceptors (Lipinski definition) is 3. The summed E-state index contributed by atoms with van der Waals surface area (Å²) in [6, 6.07) is 7.11. The summed E-state index contributed by atoms with van der Waals surface area (Å²) in [7, 11) is 0. The molecule has 1 heterocycles. The van der Waals surface area contributed by atoms with Crippen molar-refractivity contribution in [1.82, 2.24) is 15.8 Å². The van der Waals surface area contributed by atoms with Crippen LogP contribution in [0, 0.1) is 0 Å². The van der Waals surface area contributed by atoms with Crippen LogP contribution in [-0.2, 0) is 16.1 Å². The van der Waals surface area contributed by atoms with Crippen LogP contribution in [0.3, 0.4) is 0 Å². The maximum absolute atomic E-state index is 13.0. The van der Waals surface area contributed by atoms with Crippen LogP contribution in [0.4, 0.5) is 0 Å². The molecule has 1 saturated carbocycles. The third-order valence-corrected chi connectivity index (χ3v) is 5.29. The predicted octanol–water partition coefficient (Wildman–Crippen LogP) is 2.46. The molecule has 1 aliphatic heterocycles. The highest BCUT2D eigenvalue weighted by atomic mass is 16.2. The zero-order valence-electron chi connectivity index (χ0n) is 14.9. The van der Waals surface area contributed by atoms with Gasteiger partial charge in [0.25, 0.3) is 5.91 Å². The van der Waals surface area contributed by atoms with Crippen LogP contribution in [0.15, 0.2) is 36.9 Å². The number of carbonyl (C=O) groups is 3. The Morgan fingerprint density at radius 3 is 2.42 bits per heavy atom. The van der Waals surface area contributed by atoms with Gasteiger partial charge in [-0.25, -0.2) is 5.01 Å². The average Bonchev–Trinajstić information content (AvgIpc) is 2.81. The zero-order chi connectivity index (χ0) is 18.6. The molecule has 0 atom stereocenters. The quantitative estimate of drug-likeness (QED) is 0.815. The summed E-state index contributed by atoms with van der Waals surface area (Å²) in [6.07, 6.45) is 7.74. The summed E-state index contributed by atoms with van der Waals surface area (Å²) in [5, 5.41) is 4.28. The van der Waals surface area contributed by atoms with Gasteiger partial charge in [-0.2, -0.15) is 0 Å². The molecule has 26 heavy (non-hydrogen) atoms. The molecule has 0 aromatic heterocycles. The highest BCUT2D eigenvalue weighted by Gasteiger charge is 2.47. The number of benzene rings is 1. The van der Waals surface area contributed by atoms with Gasteiger partial charge in [0.15, 0.2) is 0 Å². The van der Waals surface area contributed by atoms with Gasteiger partial charge in [-0.05, 0) is 36.6 Å². The van der Waals surface area contributed by atoms with E-state index in [0.29, 0.717) is 18.5 Å². The Balaban J connectivity index is 1.74. The second kappa shape index (κ2) is 7.72. The second-order valence-electron chi connectivity index (χ2n) is 7.11. The van der Waals surface area contributed by atoms with Gasteiger partial charge in [0.2, 0.25) is 11.8 Å². The van der Waals surface area contributed by atoms with Gasteiger partial charge in [-0.15, -0.1) is 0 Å². The van der Waals surface area contributed by atoms with Gasteiger partial charge in [-0.1, -0.05) is 44.4 Å². The molecule has 2 aliphatic rings. The Kier molecular flexibility index (Phi) is 5.40. The number of amides is 3. The first-order chi connectivity index (χ1) is 12.5. The van der Waals surface area contributed by atoms with Crippen molar-refractivity contribution < 1.29 is 14.4 Å². The Morgan fingerprint density at radius 1 is 1.15 bits per heavy atom. The summed E-state index contributed by atoms with van der Waals surface area (Å²) >= 11 is 0. The molecule has 1 saturated heterocycles. The van der Waals surface area contributed by atoms with Gasteiger partial charge in [0.05, 0.1) is 12.0 Å². The molecular weight excluding hydrogens is 330 g/mol. The fourth-order valence-electron chi connectivity index (χ4n) is 3.87. The number of hydrazine groups is 1. The Morgan fingerprint density at radius 2 is 1.81 bits per heavy atom. The molecule has 1 aromatic carbocycles. The van der Waals surface area contributed by atoms with Crippen LogP contribution in [-0.4, -0.2) is 28.3 Å². The number of rotatable bonds is 4. The van der Waals surface area contributed by atoms with E-state index in [2.05, 4.69) is 17.3 Å². The topological polar surface area (TPSA) is 78.5 Å². The fourth-order valence-corrected chi connectivity index (χ4v) is 3.87. The first-order valence-electron chi connectivity index (χ1n) is 9.17. The van der Waals surface area contributed by atoms with Crippen LogP contribution in [0.1, 0.15) is 60.9 Å². The largest absolute Gasteiger partial charge is 0.348 e. The average molecular weight is 355 g/mol. The van der Waals surface area contributed by atoms with E-state index in [1.807, 2.05) is 12.1 Å². The van der Waals surface area contributed by atoms with Crippen LogP contribution < -0.4 is 10.7 Å². The van der Waals surface area contributed by atoms with Crippen molar-refractivity contribution in [3.63, 3.8) is 0 Å². The molecule has 3 rings (SSSR count). The summed E-state index contributed by atoms with van der Waals surface area (Å²) in [4.78, 5) is 36.3. The highest BCUT2D eigenvalue weighted by molar-refractivity contribution is 5.98. The zero-order valence-corrected chi connectivity index (χ0v) is 14.9. The fraction of sp³-hybridized carbons (Fsp3) is 0.450. The lowest BCUT2D eigenvalue weighted by atomic mass is 9.87. The molecule has 3 amide bonds. The van der Waals surface area contributed by atoms with E-state index >= 15 is 0 Å². The lowest BCUT2D eigenvalue weighted by molar-refractivity contribution is -0.120. The molecule has 2 N–H and O–H groups in total. The van der Waals surface area contributed by atoms with Crippen molar-refractivity contribution in [2.24, 2.45) is 0 Å². The van der Waals surface area contributed by atoms with Gasteiger partial charge in [-0.3, -0.25) is 19.8 Å². The van der Waals surface area contributed by atoms with Crippen molar-refractivity contribution >= 4 is 17.7 Å². The standard InChI is InChI=1S/C20H25N3O3/c1-2-17(24)21-14-15-7-9-16(10-8-15)19(26)23-20(13-18(25)22-23)11-5-3-4-6-12-20/h2,7-10H,1,3-6,11-14H2,(H,21,24)(H,22,25). The van der Waals surface area contributed by atoms with Crippen molar-refractivity contribution in [3.8, 4) is 0 Å². The first kappa shape index (κ1) is 18.2. The third kappa shape index (κ3) is 3.79. The summed E-state index contributed by atoms with van der Waals surface area (Å²) in [5.41, 5.74) is 3.82. The van der Waals surface area contributed by atoms with Crippen molar-refractivity contribution in [1.29, 1.82) is 0 Å². The molecule has 138 valence electrons. The minimum absolute atomic E-state index is 0.0796. The van der Waals surface area contributed by atoms with E-state index in [1.54, 1.807) is 17.1 Å². The lowest BCUT2D eigenvalue weighted by Crippen LogP contribution is -2.51. The highest BCUT2D eigenvalue weighted by Crippen LogP contribution is 2.38. The van der Waals surface area contributed by atoms with Crippen LogP contribution in [0.5, 0.6) is 0 Å². The van der Waals surface area contributed by atoms with Crippen LogP contribution in [0.25, 0.3) is 0 Å². The Bertz CT molecular complexity index is 704. The predicted molar refractivity (Wildman–Crippen MR) is 97.8 cm³/mol. The molecule has 0 unspecified atom stereocenters. The van der Waals surface area contributed by atoms with Crippen molar-refractivity contribution in [3.05, 3.63) is 48.0 Å². The number of nitrogens with zero attached hydrogens (tertiary/aromatic N) is 1. The van der Waals surface area contributed by atoms with Crippen LogP contribution >= 0.6 is 0 Å². The SMILES string of the molecule is C=CC(=O)NCc1ccc(C(=O)N2NC(=O)CC23CCCCCC3)cc1. The molecule has 1 aliphatic carbocycles. The molecule has 0 bridgehead atoms. The monoisotopic (exact) mass is 355 g/mol. The molecule has 2 fully saturated rings. The first-order valence-corrected chi connectivity index (χ1v) is 9.17. The minimum atomic E-state index is -0.388. The van der Waals surface area contributed by atoms with E-state index in [1.165, 1.54) is 6.08 Å². The van der Waals surface area contributed by atoms with E-state index in [0.717, 1.165) is 44.1 Å². The van der Waals surface area contributed by atoms with Gasteiger partial charge in [0.1, 0.15) is 0 Å². The Labute approximate surface area is 153 Å². The molecule has 6 nitrogen and oxygen atoms in total. The summed E-state index contributed by atoms with van der Waals surface area (Å²) < 4.78 is 0. The minimum Gasteiger partial charge on any atom is -0.348 e. The number of nitrogens with one attached hydrogen (secondary N) is 2. The van der Waals surface area contributed by atoms with Gasteiger partial charge < -0.3 is 5.32 Å². The van der Waals surface area contributed by atoms with Crippen molar-refractivity contribution in [2.45, 2.75) is 57.0 Å². The van der Waals surface area contributed by atoms with Gasteiger partial charge >= 0.3 is 0 Å². The van der Waals surface area contributed by atoms with E-state index in [9.17, 15) is 14.4 Å². The van der Waals surface area contributed by atoms with Crippen LogP contribution in [0.2, 0.25) is 0 Å².